The van der Waals surface area contributed by atoms with Gasteiger partial charge in [0.05, 0.1) is 92.5 Å². The second-order valence-electron chi connectivity index (χ2n) is 10.1. The zero-order chi connectivity index (χ0) is 36.7. The lowest BCUT2D eigenvalue weighted by Crippen LogP contribution is -2.37. The molecule has 0 aromatic carbocycles. The molecule has 0 spiro atoms. The van der Waals surface area contributed by atoms with Crippen LogP contribution < -0.4 is 32.7 Å². The van der Waals surface area contributed by atoms with Crippen LogP contribution in [0.3, 0.4) is 0 Å². The molecule has 0 fully saturated rings. The highest BCUT2D eigenvalue weighted by molar-refractivity contribution is 6.00. The Hall–Kier alpha value is -3.76. The molecule has 8 N–H and O–H groups in total. The SMILES string of the molecule is COCCOCCOCCOCCC(=O)NCCNC(=O)c1nc(N)c(C(=O)NCCNC(=O)CCOCCOCCOCCOC)nc1N. The van der Waals surface area contributed by atoms with Crippen molar-refractivity contribution in [1.29, 1.82) is 0 Å². The summed E-state index contributed by atoms with van der Waals surface area (Å²) in [5.74, 6) is -2.49. The van der Waals surface area contributed by atoms with E-state index >= 15 is 0 Å². The minimum Gasteiger partial charge on any atom is -0.382 e. The van der Waals surface area contributed by atoms with Gasteiger partial charge in [-0.15, -0.1) is 0 Å². The second-order valence-corrected chi connectivity index (χ2v) is 10.1. The van der Waals surface area contributed by atoms with E-state index in [1.807, 2.05) is 0 Å². The number of nitrogens with one attached hydrogen (secondary N) is 4. The molecule has 4 amide bonds. The summed E-state index contributed by atoms with van der Waals surface area (Å²) in [6, 6.07) is 0. The standard InChI is InChI=1S/C30H54N8O12/c1-43-11-13-47-19-21-49-17-15-45-9-3-23(39)33-5-7-35-29(41)25-27(31)38-26(28(32)37-25)30(42)36-8-6-34-24(40)4-10-46-16-18-50-22-20-48-14-12-44-2/h3-22H2,1-2H3,(H2,32,37)(H2,31,38)(H,33,39)(H,34,40)(H,35,41)(H,36,42). The monoisotopic (exact) mass is 718 g/mol. The number of rotatable bonds is 32. The molecule has 0 radical (unpaired) electrons. The van der Waals surface area contributed by atoms with Gasteiger partial charge in [0.25, 0.3) is 11.8 Å². The fraction of sp³-hybridized carbons (Fsp3) is 0.733. The van der Waals surface area contributed by atoms with E-state index in [0.29, 0.717) is 79.3 Å². The van der Waals surface area contributed by atoms with Gasteiger partial charge in [0.2, 0.25) is 11.8 Å². The number of carbonyl (C=O) groups excluding carboxylic acids is 4. The summed E-state index contributed by atoms with van der Waals surface area (Å²) in [5, 5.41) is 10.4. The zero-order valence-electron chi connectivity index (χ0n) is 29.1. The molecule has 1 heterocycles. The topological polar surface area (TPSA) is 268 Å². The smallest absolute Gasteiger partial charge is 0.273 e. The number of amides is 4. The van der Waals surface area contributed by atoms with Crippen LogP contribution in [0.4, 0.5) is 11.6 Å². The van der Waals surface area contributed by atoms with Gasteiger partial charge in [-0.1, -0.05) is 0 Å². The maximum Gasteiger partial charge on any atom is 0.273 e. The van der Waals surface area contributed by atoms with Gasteiger partial charge >= 0.3 is 0 Å². The third kappa shape index (κ3) is 22.8. The number of anilines is 2. The molecular formula is C30H54N8O12. The number of carbonyl (C=O) groups is 4. The summed E-state index contributed by atoms with van der Waals surface area (Å²) in [4.78, 5) is 56.8. The summed E-state index contributed by atoms with van der Waals surface area (Å²) in [6.45, 7) is 6.20. The molecule has 0 bridgehead atoms. The van der Waals surface area contributed by atoms with Gasteiger partial charge in [0.15, 0.2) is 23.0 Å². The van der Waals surface area contributed by atoms with Crippen LogP contribution >= 0.6 is 0 Å². The van der Waals surface area contributed by atoms with E-state index in [9.17, 15) is 19.2 Å². The molecule has 0 atom stereocenters. The van der Waals surface area contributed by atoms with E-state index in [1.165, 1.54) is 0 Å². The summed E-state index contributed by atoms with van der Waals surface area (Å²) in [7, 11) is 3.20. The van der Waals surface area contributed by atoms with Gasteiger partial charge in [-0.25, -0.2) is 9.97 Å². The molecule has 286 valence electrons. The van der Waals surface area contributed by atoms with Crippen molar-refractivity contribution in [1.82, 2.24) is 31.2 Å². The highest BCUT2D eigenvalue weighted by Crippen LogP contribution is 2.13. The van der Waals surface area contributed by atoms with Crippen molar-refractivity contribution in [3.05, 3.63) is 11.4 Å². The van der Waals surface area contributed by atoms with Crippen molar-refractivity contribution < 1.29 is 57.1 Å². The Bertz CT molecular complexity index is 1020. The maximum atomic E-state index is 12.5. The van der Waals surface area contributed by atoms with E-state index in [2.05, 4.69) is 31.2 Å². The molecular weight excluding hydrogens is 664 g/mol. The van der Waals surface area contributed by atoms with Crippen molar-refractivity contribution in [3.8, 4) is 0 Å². The molecule has 1 aromatic heterocycles. The molecule has 0 unspecified atom stereocenters. The van der Waals surface area contributed by atoms with Crippen LogP contribution in [0.5, 0.6) is 0 Å². The number of hydrogen-bond donors (Lipinski definition) is 6. The van der Waals surface area contributed by atoms with Gasteiger partial charge in [0.1, 0.15) is 0 Å². The van der Waals surface area contributed by atoms with E-state index in [-0.39, 0.29) is 87.1 Å². The molecule has 1 aromatic rings. The number of nitrogens with zero attached hydrogens (tertiary/aromatic N) is 2. The fourth-order valence-electron chi connectivity index (χ4n) is 3.59. The average molecular weight is 719 g/mol. The van der Waals surface area contributed by atoms with E-state index in [1.54, 1.807) is 14.2 Å². The van der Waals surface area contributed by atoms with Gasteiger partial charge in [0, 0.05) is 53.2 Å². The lowest BCUT2D eigenvalue weighted by molar-refractivity contribution is -0.123. The molecule has 0 aliphatic rings. The van der Waals surface area contributed by atoms with Crippen molar-refractivity contribution in [3.63, 3.8) is 0 Å². The lowest BCUT2D eigenvalue weighted by Gasteiger charge is -2.11. The Kier molecular flexibility index (Phi) is 26.6. The Morgan fingerprint density at radius 3 is 1.06 bits per heavy atom. The molecule has 0 aliphatic carbocycles. The summed E-state index contributed by atoms with van der Waals surface area (Å²) in [6.07, 6.45) is 0.274. The fourth-order valence-corrected chi connectivity index (χ4v) is 3.59. The van der Waals surface area contributed by atoms with E-state index in [4.69, 9.17) is 49.4 Å². The predicted molar refractivity (Wildman–Crippen MR) is 179 cm³/mol. The minimum absolute atomic E-state index is 0.0765. The van der Waals surface area contributed by atoms with Crippen LogP contribution in [0.1, 0.15) is 33.8 Å². The van der Waals surface area contributed by atoms with Gasteiger partial charge in [-0.2, -0.15) is 0 Å². The Labute approximate surface area is 292 Å². The van der Waals surface area contributed by atoms with Crippen molar-refractivity contribution >= 4 is 35.3 Å². The zero-order valence-corrected chi connectivity index (χ0v) is 29.1. The van der Waals surface area contributed by atoms with Crippen LogP contribution in [-0.2, 0) is 47.5 Å². The Morgan fingerprint density at radius 2 is 0.740 bits per heavy atom. The molecule has 0 saturated heterocycles. The Morgan fingerprint density at radius 1 is 0.460 bits per heavy atom. The van der Waals surface area contributed by atoms with Crippen LogP contribution in [0.25, 0.3) is 0 Å². The third-order valence-corrected chi connectivity index (χ3v) is 6.14. The van der Waals surface area contributed by atoms with Crippen molar-refractivity contribution in [2.75, 3.05) is 144 Å². The maximum absolute atomic E-state index is 12.5. The minimum atomic E-state index is -0.683. The largest absolute Gasteiger partial charge is 0.382 e. The quantitative estimate of drug-likeness (QED) is 0.0421. The molecule has 50 heavy (non-hydrogen) atoms. The van der Waals surface area contributed by atoms with Crippen LogP contribution in [0, 0.1) is 0 Å². The van der Waals surface area contributed by atoms with E-state index < -0.39 is 11.8 Å². The second kappa shape index (κ2) is 30.1. The summed E-state index contributed by atoms with van der Waals surface area (Å²) < 4.78 is 41.7. The molecule has 0 saturated carbocycles. The molecule has 1 rings (SSSR count). The normalized spacial score (nSPS) is 10.9. The number of methoxy groups -OCH3 is 2. The number of nitrogen functional groups attached to an aromatic ring is 2. The molecule has 0 aliphatic heterocycles. The molecule has 20 nitrogen and oxygen atoms in total. The summed E-state index contributed by atoms with van der Waals surface area (Å²) >= 11 is 0. The van der Waals surface area contributed by atoms with Crippen LogP contribution in [-0.4, -0.2) is 166 Å². The third-order valence-electron chi connectivity index (χ3n) is 6.14. The number of hydrogen-bond acceptors (Lipinski definition) is 16. The van der Waals surface area contributed by atoms with Crippen LogP contribution in [0.15, 0.2) is 0 Å². The average Bonchev–Trinajstić information content (AvgIpc) is 3.10. The summed E-state index contributed by atoms with van der Waals surface area (Å²) in [5.41, 5.74) is 11.2. The van der Waals surface area contributed by atoms with Gasteiger partial charge < -0.3 is 70.6 Å². The molecule has 20 heteroatoms. The predicted octanol–water partition coefficient (Wildman–Crippen LogP) is -2.49. The first kappa shape index (κ1) is 44.3. The highest BCUT2D eigenvalue weighted by atomic mass is 16.6. The van der Waals surface area contributed by atoms with Gasteiger partial charge in [-0.3, -0.25) is 19.2 Å². The first-order valence-corrected chi connectivity index (χ1v) is 16.3. The lowest BCUT2D eigenvalue weighted by atomic mass is 10.3. The van der Waals surface area contributed by atoms with Crippen molar-refractivity contribution in [2.24, 2.45) is 0 Å². The number of aromatic nitrogens is 2. The van der Waals surface area contributed by atoms with Gasteiger partial charge in [-0.05, 0) is 0 Å². The number of nitrogens with two attached hydrogens (primary N) is 2. The first-order valence-electron chi connectivity index (χ1n) is 16.3. The van der Waals surface area contributed by atoms with Crippen LogP contribution in [0.2, 0.25) is 0 Å². The number of ether oxygens (including phenoxy) is 8. The van der Waals surface area contributed by atoms with Crippen molar-refractivity contribution in [2.45, 2.75) is 12.8 Å². The highest BCUT2D eigenvalue weighted by Gasteiger charge is 2.20. The first-order chi connectivity index (χ1) is 24.3. The Balaban J connectivity index is 2.16. The van der Waals surface area contributed by atoms with E-state index in [0.717, 1.165) is 0 Å².